The van der Waals surface area contributed by atoms with Gasteiger partial charge in [0, 0.05) is 5.69 Å². The summed E-state index contributed by atoms with van der Waals surface area (Å²) in [5.74, 6) is -0.953. The molecule has 0 radical (unpaired) electrons. The molecule has 136 valence electrons. The second-order valence-corrected chi connectivity index (χ2v) is 5.91. The quantitative estimate of drug-likeness (QED) is 0.342. The summed E-state index contributed by atoms with van der Waals surface area (Å²) in [5.41, 5.74) is 3.79. The first kappa shape index (κ1) is 20.3. The highest BCUT2D eigenvalue weighted by Gasteiger charge is 2.35. The van der Waals surface area contributed by atoms with E-state index in [0.29, 0.717) is 6.42 Å². The second kappa shape index (κ2) is 10.2. The van der Waals surface area contributed by atoms with Crippen molar-refractivity contribution in [3.63, 3.8) is 0 Å². The largest absolute Gasteiger partial charge is 0.462 e. The lowest BCUT2D eigenvalue weighted by Crippen LogP contribution is -2.16. The fourth-order valence-electron chi connectivity index (χ4n) is 2.45. The minimum atomic E-state index is -4.64. The van der Waals surface area contributed by atoms with Gasteiger partial charge in [0.15, 0.2) is 0 Å². The molecule has 0 atom stereocenters. The molecule has 0 heterocycles. The molecular weight excluding hydrogens is 319 g/mol. The van der Waals surface area contributed by atoms with E-state index in [1.165, 1.54) is 31.7 Å². The Morgan fingerprint density at radius 3 is 2.21 bits per heavy atom. The predicted octanol–water partition coefficient (Wildman–Crippen LogP) is 5.59. The highest BCUT2D eigenvalue weighted by atomic mass is 19.4. The van der Waals surface area contributed by atoms with Crippen LogP contribution in [-0.4, -0.2) is 12.6 Å². The number of unbranched alkanes of at least 4 members (excludes halogenated alkanes) is 7. The van der Waals surface area contributed by atoms with Gasteiger partial charge >= 0.3 is 12.1 Å². The fourth-order valence-corrected chi connectivity index (χ4v) is 2.45. The monoisotopic (exact) mass is 345 g/mol. The summed E-state index contributed by atoms with van der Waals surface area (Å²) in [4.78, 5) is 11.9. The van der Waals surface area contributed by atoms with E-state index in [2.05, 4.69) is 6.92 Å². The Morgan fingerprint density at radius 2 is 1.62 bits per heavy atom. The van der Waals surface area contributed by atoms with Gasteiger partial charge in [-0.05, 0) is 24.6 Å². The van der Waals surface area contributed by atoms with Gasteiger partial charge in [0.25, 0.3) is 0 Å². The first-order chi connectivity index (χ1) is 11.4. The van der Waals surface area contributed by atoms with Crippen LogP contribution in [0, 0.1) is 0 Å². The van der Waals surface area contributed by atoms with Crippen LogP contribution in [0.4, 0.5) is 18.9 Å². The van der Waals surface area contributed by atoms with Gasteiger partial charge < -0.3 is 10.5 Å². The predicted molar refractivity (Wildman–Crippen MR) is 88.7 cm³/mol. The molecule has 1 aromatic carbocycles. The number of ether oxygens (including phenoxy) is 1. The van der Waals surface area contributed by atoms with E-state index in [4.69, 9.17) is 10.5 Å². The highest BCUT2D eigenvalue weighted by molar-refractivity contribution is 5.91. The molecular formula is C18H26F3NO2. The maximum atomic E-state index is 12.9. The number of halogens is 3. The Balaban J connectivity index is 2.36. The molecule has 0 fully saturated rings. The maximum absolute atomic E-state index is 12.9. The van der Waals surface area contributed by atoms with Crippen LogP contribution in [0.25, 0.3) is 0 Å². The summed E-state index contributed by atoms with van der Waals surface area (Å²) in [5, 5.41) is 0. The van der Waals surface area contributed by atoms with Gasteiger partial charge in [-0.3, -0.25) is 0 Å². The van der Waals surface area contributed by atoms with E-state index < -0.39 is 23.3 Å². The molecule has 0 saturated heterocycles. The van der Waals surface area contributed by atoms with Crippen LogP contribution in [-0.2, 0) is 10.9 Å². The lowest BCUT2D eigenvalue weighted by molar-refractivity contribution is -0.138. The van der Waals surface area contributed by atoms with Crippen LogP contribution in [0.3, 0.4) is 0 Å². The topological polar surface area (TPSA) is 52.3 Å². The summed E-state index contributed by atoms with van der Waals surface area (Å²) < 4.78 is 43.8. The average molecular weight is 345 g/mol. The van der Waals surface area contributed by atoms with E-state index in [1.54, 1.807) is 0 Å². The zero-order chi connectivity index (χ0) is 18.0. The summed E-state index contributed by atoms with van der Waals surface area (Å²) in [6.45, 7) is 2.30. The van der Waals surface area contributed by atoms with Crippen molar-refractivity contribution < 1.29 is 22.7 Å². The number of carbonyl (C=O) groups excluding carboxylic acids is 1. The maximum Gasteiger partial charge on any atom is 0.417 e. The van der Waals surface area contributed by atoms with Crippen LogP contribution in [0.1, 0.15) is 74.2 Å². The van der Waals surface area contributed by atoms with Crippen molar-refractivity contribution in [2.24, 2.45) is 0 Å². The fraction of sp³-hybridized carbons (Fsp3) is 0.611. The number of alkyl halides is 3. The van der Waals surface area contributed by atoms with E-state index in [-0.39, 0.29) is 12.3 Å². The van der Waals surface area contributed by atoms with Crippen LogP contribution < -0.4 is 5.73 Å². The van der Waals surface area contributed by atoms with Crippen molar-refractivity contribution in [3.8, 4) is 0 Å². The van der Waals surface area contributed by atoms with Gasteiger partial charge in [0.1, 0.15) is 0 Å². The molecule has 0 amide bonds. The third-order valence-electron chi connectivity index (χ3n) is 3.80. The zero-order valence-corrected chi connectivity index (χ0v) is 14.1. The van der Waals surface area contributed by atoms with E-state index in [1.807, 2.05) is 0 Å². The van der Waals surface area contributed by atoms with Crippen molar-refractivity contribution in [1.82, 2.24) is 0 Å². The van der Waals surface area contributed by atoms with Gasteiger partial charge in [-0.1, -0.05) is 51.9 Å². The molecule has 0 saturated carbocycles. The number of hydrogen-bond acceptors (Lipinski definition) is 3. The highest BCUT2D eigenvalue weighted by Crippen LogP contribution is 2.33. The third kappa shape index (κ3) is 7.23. The number of hydrogen-bond donors (Lipinski definition) is 1. The molecule has 1 aromatic rings. The van der Waals surface area contributed by atoms with Gasteiger partial charge in [-0.15, -0.1) is 0 Å². The van der Waals surface area contributed by atoms with Crippen LogP contribution in [0.2, 0.25) is 0 Å². The third-order valence-corrected chi connectivity index (χ3v) is 3.80. The minimum absolute atomic E-state index is 0.0399. The number of carbonyl (C=O) groups is 1. The van der Waals surface area contributed by atoms with Crippen LogP contribution >= 0.6 is 0 Å². The van der Waals surface area contributed by atoms with Crippen molar-refractivity contribution >= 4 is 11.7 Å². The molecule has 2 N–H and O–H groups in total. The van der Waals surface area contributed by atoms with Crippen LogP contribution in [0.5, 0.6) is 0 Å². The number of esters is 1. The Labute approximate surface area is 141 Å². The summed E-state index contributed by atoms with van der Waals surface area (Å²) in [7, 11) is 0. The second-order valence-electron chi connectivity index (χ2n) is 5.91. The summed E-state index contributed by atoms with van der Waals surface area (Å²) >= 11 is 0. The molecule has 0 spiro atoms. The Hall–Kier alpha value is -1.72. The lowest BCUT2D eigenvalue weighted by atomic mass is 10.1. The molecule has 0 bridgehead atoms. The SMILES string of the molecule is CCCCCCCCCCOC(=O)c1ccc(N)cc1C(F)(F)F. The lowest BCUT2D eigenvalue weighted by Gasteiger charge is -2.13. The minimum Gasteiger partial charge on any atom is -0.462 e. The molecule has 0 aliphatic heterocycles. The molecule has 24 heavy (non-hydrogen) atoms. The Morgan fingerprint density at radius 1 is 1.04 bits per heavy atom. The molecule has 0 aromatic heterocycles. The Kier molecular flexibility index (Phi) is 8.65. The zero-order valence-electron chi connectivity index (χ0n) is 14.1. The van der Waals surface area contributed by atoms with Gasteiger partial charge in [0.05, 0.1) is 17.7 Å². The van der Waals surface area contributed by atoms with E-state index in [0.717, 1.165) is 31.4 Å². The average Bonchev–Trinajstić information content (AvgIpc) is 2.52. The van der Waals surface area contributed by atoms with Crippen molar-refractivity contribution in [2.45, 2.75) is 64.5 Å². The number of rotatable bonds is 10. The van der Waals surface area contributed by atoms with Crippen molar-refractivity contribution in [3.05, 3.63) is 29.3 Å². The van der Waals surface area contributed by atoms with Crippen molar-refractivity contribution in [2.75, 3.05) is 12.3 Å². The standard InChI is InChI=1S/C18H26F3NO2/c1-2-3-4-5-6-7-8-9-12-24-17(23)15-11-10-14(22)13-16(15)18(19,20)21/h10-11,13H,2-9,12,22H2,1H3. The molecule has 1 rings (SSSR count). The molecule has 0 aliphatic carbocycles. The van der Waals surface area contributed by atoms with Gasteiger partial charge in [0.2, 0.25) is 0 Å². The van der Waals surface area contributed by atoms with E-state index >= 15 is 0 Å². The van der Waals surface area contributed by atoms with Gasteiger partial charge in [-0.25, -0.2) is 4.79 Å². The molecule has 0 aliphatic rings. The first-order valence-electron chi connectivity index (χ1n) is 8.50. The Bertz CT molecular complexity index is 515. The summed E-state index contributed by atoms with van der Waals surface area (Å²) in [6, 6.07) is 3.09. The first-order valence-corrected chi connectivity index (χ1v) is 8.50. The number of benzene rings is 1. The molecule has 0 unspecified atom stereocenters. The van der Waals surface area contributed by atoms with Crippen molar-refractivity contribution in [1.29, 1.82) is 0 Å². The normalized spacial score (nSPS) is 11.5. The van der Waals surface area contributed by atoms with Gasteiger partial charge in [-0.2, -0.15) is 13.2 Å². The van der Waals surface area contributed by atoms with E-state index in [9.17, 15) is 18.0 Å². The van der Waals surface area contributed by atoms with Crippen LogP contribution in [0.15, 0.2) is 18.2 Å². The summed E-state index contributed by atoms with van der Waals surface area (Å²) in [6.07, 6.45) is 4.03. The number of nitrogen functional groups attached to an aromatic ring is 1. The molecule has 3 nitrogen and oxygen atoms in total. The molecule has 6 heteroatoms. The number of nitrogens with two attached hydrogens (primary N) is 1. The number of anilines is 1. The smallest absolute Gasteiger partial charge is 0.417 e.